The monoisotopic (exact) mass is 360 g/mol. The zero-order valence-corrected chi connectivity index (χ0v) is 15.0. The van der Waals surface area contributed by atoms with Gasteiger partial charge in [0.1, 0.15) is 5.69 Å². The highest BCUT2D eigenvalue weighted by Gasteiger charge is 2.13. The Kier molecular flexibility index (Phi) is 5.89. The molecule has 0 radical (unpaired) electrons. The molecule has 0 saturated heterocycles. The Morgan fingerprint density at radius 1 is 1.00 bits per heavy atom. The highest BCUT2D eigenvalue weighted by molar-refractivity contribution is 6.05. The molecule has 3 aromatic rings. The van der Waals surface area contributed by atoms with Crippen molar-refractivity contribution in [2.45, 2.75) is 19.9 Å². The summed E-state index contributed by atoms with van der Waals surface area (Å²) in [6.45, 7) is 2.39. The van der Waals surface area contributed by atoms with Crippen molar-refractivity contribution >= 4 is 17.5 Å². The minimum absolute atomic E-state index is 0.190. The number of nitrogens with zero attached hydrogens (tertiary/aromatic N) is 2. The molecule has 0 spiro atoms. The summed E-state index contributed by atoms with van der Waals surface area (Å²) in [6.07, 6.45) is 5.63. The van der Waals surface area contributed by atoms with Crippen LogP contribution >= 0.6 is 0 Å². The van der Waals surface area contributed by atoms with E-state index in [2.05, 4.69) is 20.6 Å². The molecule has 136 valence electrons. The van der Waals surface area contributed by atoms with Gasteiger partial charge in [-0.3, -0.25) is 19.6 Å². The van der Waals surface area contributed by atoms with E-state index in [-0.39, 0.29) is 17.5 Å². The normalized spacial score (nSPS) is 10.3. The molecule has 27 heavy (non-hydrogen) atoms. The van der Waals surface area contributed by atoms with Crippen LogP contribution in [0.4, 0.5) is 5.69 Å². The standard InChI is InChI=1S/C21H20N4O2/c1-2-16-7-3-4-8-18(16)25-21(27)19-12-17(9-11-23-19)20(26)24-14-15-6-5-10-22-13-15/h3-13H,2,14H2,1H3,(H,24,26)(H,25,27). The molecule has 2 N–H and O–H groups in total. The van der Waals surface area contributed by atoms with Gasteiger partial charge in [-0.25, -0.2) is 0 Å². The summed E-state index contributed by atoms with van der Waals surface area (Å²) in [7, 11) is 0. The van der Waals surface area contributed by atoms with Crippen molar-refractivity contribution in [3.05, 3.63) is 89.5 Å². The number of hydrogen-bond acceptors (Lipinski definition) is 4. The lowest BCUT2D eigenvalue weighted by Crippen LogP contribution is -2.24. The van der Waals surface area contributed by atoms with Crippen LogP contribution < -0.4 is 10.6 Å². The van der Waals surface area contributed by atoms with Crippen LogP contribution in [0.25, 0.3) is 0 Å². The van der Waals surface area contributed by atoms with Crippen molar-refractivity contribution in [2.75, 3.05) is 5.32 Å². The number of carbonyl (C=O) groups is 2. The SMILES string of the molecule is CCc1ccccc1NC(=O)c1cc(C(=O)NCc2cccnc2)ccn1. The summed E-state index contributed by atoms with van der Waals surface area (Å²) < 4.78 is 0. The van der Waals surface area contributed by atoms with Crippen LogP contribution in [0.1, 0.15) is 38.9 Å². The molecular weight excluding hydrogens is 340 g/mol. The van der Waals surface area contributed by atoms with Crippen LogP contribution in [0, 0.1) is 0 Å². The second-order valence-electron chi connectivity index (χ2n) is 5.94. The maximum absolute atomic E-state index is 12.5. The molecule has 2 amide bonds. The maximum Gasteiger partial charge on any atom is 0.274 e. The Balaban J connectivity index is 1.69. The van der Waals surface area contributed by atoms with E-state index in [1.807, 2.05) is 43.3 Å². The first-order valence-electron chi connectivity index (χ1n) is 8.69. The van der Waals surface area contributed by atoms with Crippen molar-refractivity contribution < 1.29 is 9.59 Å². The van der Waals surface area contributed by atoms with Gasteiger partial charge in [0, 0.05) is 36.4 Å². The highest BCUT2D eigenvalue weighted by Crippen LogP contribution is 2.16. The van der Waals surface area contributed by atoms with Gasteiger partial charge in [0.05, 0.1) is 0 Å². The Morgan fingerprint density at radius 3 is 2.63 bits per heavy atom. The number of aromatic nitrogens is 2. The van der Waals surface area contributed by atoms with Crippen LogP contribution in [-0.2, 0) is 13.0 Å². The van der Waals surface area contributed by atoms with E-state index in [4.69, 9.17) is 0 Å². The highest BCUT2D eigenvalue weighted by atomic mass is 16.2. The smallest absolute Gasteiger partial charge is 0.274 e. The van der Waals surface area contributed by atoms with Crippen LogP contribution in [0.15, 0.2) is 67.1 Å². The minimum Gasteiger partial charge on any atom is -0.348 e. The minimum atomic E-state index is -0.349. The number of aryl methyl sites for hydroxylation is 1. The molecule has 6 heteroatoms. The number of amides is 2. The van der Waals surface area contributed by atoms with Crippen molar-refractivity contribution in [3.8, 4) is 0 Å². The molecule has 0 fully saturated rings. The van der Waals surface area contributed by atoms with E-state index in [9.17, 15) is 9.59 Å². The molecule has 6 nitrogen and oxygen atoms in total. The van der Waals surface area contributed by atoms with Gasteiger partial charge >= 0.3 is 0 Å². The fraction of sp³-hybridized carbons (Fsp3) is 0.143. The van der Waals surface area contributed by atoms with Crippen molar-refractivity contribution in [1.29, 1.82) is 0 Å². The Hall–Kier alpha value is -3.54. The molecule has 2 heterocycles. The Bertz CT molecular complexity index is 942. The summed E-state index contributed by atoms with van der Waals surface area (Å²) in [6, 6.07) is 14.4. The zero-order valence-electron chi connectivity index (χ0n) is 15.0. The Labute approximate surface area is 157 Å². The molecule has 0 aliphatic carbocycles. The van der Waals surface area contributed by atoms with Crippen LogP contribution in [0.5, 0.6) is 0 Å². The molecule has 0 unspecified atom stereocenters. The maximum atomic E-state index is 12.5. The number of anilines is 1. The van der Waals surface area contributed by atoms with E-state index in [0.717, 1.165) is 23.2 Å². The quantitative estimate of drug-likeness (QED) is 0.707. The number of nitrogens with one attached hydrogen (secondary N) is 2. The molecule has 3 rings (SSSR count). The van der Waals surface area contributed by atoms with E-state index < -0.39 is 0 Å². The summed E-state index contributed by atoms with van der Waals surface area (Å²) in [4.78, 5) is 33.0. The summed E-state index contributed by atoms with van der Waals surface area (Å²) in [5, 5.41) is 5.67. The first kappa shape index (κ1) is 18.3. The third-order valence-electron chi connectivity index (χ3n) is 4.08. The zero-order chi connectivity index (χ0) is 19.1. The van der Waals surface area contributed by atoms with Crippen LogP contribution in [0.3, 0.4) is 0 Å². The second kappa shape index (κ2) is 8.71. The topological polar surface area (TPSA) is 84.0 Å². The summed E-state index contributed by atoms with van der Waals surface area (Å²) in [5.41, 5.74) is 3.25. The van der Waals surface area contributed by atoms with Crippen molar-refractivity contribution in [2.24, 2.45) is 0 Å². The number of benzene rings is 1. The van der Waals surface area contributed by atoms with Gasteiger partial charge in [0.15, 0.2) is 0 Å². The molecule has 0 atom stereocenters. The number of para-hydroxylation sites is 1. The average molecular weight is 360 g/mol. The van der Waals surface area contributed by atoms with E-state index in [1.54, 1.807) is 18.5 Å². The number of carbonyl (C=O) groups excluding carboxylic acids is 2. The van der Waals surface area contributed by atoms with E-state index in [0.29, 0.717) is 12.1 Å². The molecule has 2 aromatic heterocycles. The van der Waals surface area contributed by atoms with Gasteiger partial charge in [0.25, 0.3) is 11.8 Å². The number of hydrogen-bond donors (Lipinski definition) is 2. The van der Waals surface area contributed by atoms with Crippen molar-refractivity contribution in [3.63, 3.8) is 0 Å². The lowest BCUT2D eigenvalue weighted by molar-refractivity contribution is 0.0950. The van der Waals surface area contributed by atoms with Gasteiger partial charge in [-0.2, -0.15) is 0 Å². The van der Waals surface area contributed by atoms with Gasteiger partial charge in [-0.05, 0) is 41.8 Å². The van der Waals surface area contributed by atoms with E-state index >= 15 is 0 Å². The van der Waals surface area contributed by atoms with Gasteiger partial charge < -0.3 is 10.6 Å². The summed E-state index contributed by atoms with van der Waals surface area (Å²) >= 11 is 0. The van der Waals surface area contributed by atoms with Crippen molar-refractivity contribution in [1.82, 2.24) is 15.3 Å². The van der Waals surface area contributed by atoms with Gasteiger partial charge in [0.2, 0.25) is 0 Å². The second-order valence-corrected chi connectivity index (χ2v) is 5.94. The lowest BCUT2D eigenvalue weighted by Gasteiger charge is -2.10. The van der Waals surface area contributed by atoms with Crippen LogP contribution in [0.2, 0.25) is 0 Å². The third kappa shape index (κ3) is 4.76. The third-order valence-corrected chi connectivity index (χ3v) is 4.08. The predicted molar refractivity (Wildman–Crippen MR) is 103 cm³/mol. The molecule has 0 bridgehead atoms. The number of rotatable bonds is 6. The van der Waals surface area contributed by atoms with Crippen LogP contribution in [-0.4, -0.2) is 21.8 Å². The van der Waals surface area contributed by atoms with Gasteiger partial charge in [-0.15, -0.1) is 0 Å². The van der Waals surface area contributed by atoms with Gasteiger partial charge in [-0.1, -0.05) is 31.2 Å². The molecular formula is C21H20N4O2. The molecule has 0 aliphatic rings. The fourth-order valence-electron chi connectivity index (χ4n) is 2.62. The fourth-order valence-corrected chi connectivity index (χ4v) is 2.62. The molecule has 0 saturated carbocycles. The number of pyridine rings is 2. The first-order valence-corrected chi connectivity index (χ1v) is 8.69. The summed E-state index contributed by atoms with van der Waals surface area (Å²) in [5.74, 6) is -0.623. The lowest BCUT2D eigenvalue weighted by atomic mass is 10.1. The first-order chi connectivity index (χ1) is 13.2. The predicted octanol–water partition coefficient (Wildman–Crippen LogP) is 3.22. The average Bonchev–Trinajstić information content (AvgIpc) is 2.73. The largest absolute Gasteiger partial charge is 0.348 e. The Morgan fingerprint density at radius 2 is 1.85 bits per heavy atom. The molecule has 0 aliphatic heterocycles. The van der Waals surface area contributed by atoms with E-state index in [1.165, 1.54) is 12.3 Å². The molecule has 1 aromatic carbocycles.